The number of nitrogens with zero attached hydrogens (tertiary/aromatic N) is 4. The first kappa shape index (κ1) is 32.4. The second kappa shape index (κ2) is 13.0. The van der Waals surface area contributed by atoms with E-state index in [1.54, 1.807) is 30.3 Å². The number of alkyl halides is 3. The van der Waals surface area contributed by atoms with Gasteiger partial charge in [0.05, 0.1) is 40.5 Å². The zero-order valence-electron chi connectivity index (χ0n) is 23.0. The number of carbonyl (C=O) groups is 1. The van der Waals surface area contributed by atoms with Crippen molar-refractivity contribution in [2.75, 3.05) is 30.0 Å². The number of benzene rings is 2. The fourth-order valence-electron chi connectivity index (χ4n) is 3.87. The summed E-state index contributed by atoms with van der Waals surface area (Å²) in [5.74, 6) is 0.674. The summed E-state index contributed by atoms with van der Waals surface area (Å²) < 4.78 is 72.5. The van der Waals surface area contributed by atoms with Gasteiger partial charge in [0.2, 0.25) is 10.0 Å². The monoisotopic (exact) mass is 651 g/mol. The molecule has 0 saturated carbocycles. The Labute approximate surface area is 254 Å². The molecule has 0 saturated heterocycles. The number of aliphatic hydroxyl groups is 1. The Morgan fingerprint density at radius 1 is 1.07 bits per heavy atom. The van der Waals surface area contributed by atoms with Crippen LogP contribution in [0, 0.1) is 0 Å². The van der Waals surface area contributed by atoms with Crippen molar-refractivity contribution in [3.05, 3.63) is 77.7 Å². The van der Waals surface area contributed by atoms with Crippen LogP contribution in [0.2, 0.25) is 5.02 Å². The summed E-state index contributed by atoms with van der Waals surface area (Å²) in [7, 11) is -3.25. The Balaban J connectivity index is 1.47. The van der Waals surface area contributed by atoms with Crippen LogP contribution < -0.4 is 21.1 Å². The van der Waals surface area contributed by atoms with E-state index < -0.39 is 44.5 Å². The number of aromatic nitrogens is 3. The lowest BCUT2D eigenvalue weighted by Crippen LogP contribution is -2.34. The number of hydrogen-bond acceptors (Lipinski definition) is 9. The summed E-state index contributed by atoms with van der Waals surface area (Å²) in [6.07, 6.45) is -2.08. The minimum atomic E-state index is -4.81. The van der Waals surface area contributed by atoms with Crippen LogP contribution in [-0.4, -0.2) is 58.5 Å². The lowest BCUT2D eigenvalue weighted by atomic mass is 10.1. The van der Waals surface area contributed by atoms with E-state index in [0.29, 0.717) is 34.3 Å². The first-order valence-corrected chi connectivity index (χ1v) is 14.4. The van der Waals surface area contributed by atoms with E-state index in [1.807, 2.05) is 0 Å². The largest absolute Gasteiger partial charge is 0.424 e. The van der Waals surface area contributed by atoms with E-state index >= 15 is 0 Å². The highest BCUT2D eigenvalue weighted by atomic mass is 35.5. The Morgan fingerprint density at radius 3 is 2.34 bits per heavy atom. The van der Waals surface area contributed by atoms with Gasteiger partial charge in [-0.15, -0.1) is 0 Å². The number of urea groups is 1. The normalized spacial score (nSPS) is 12.5. The standard InChI is InChI=1S/C27H25ClF3N7O5S/c1-15(39)14-38(2)44(41,42)23-8-5-17(27(29,30)31)9-22(23)37-25(40)36-19-12-34-26(35-13-19)43-20-6-3-16(4-7-20)21-10-18(28)11-33-24(21)32/h3-13,15,39H,14H2,1-2H3,(H2,32,33)(H2,36,37,40). The number of amides is 2. The summed E-state index contributed by atoms with van der Waals surface area (Å²) in [4.78, 5) is 24.1. The third kappa shape index (κ3) is 7.90. The van der Waals surface area contributed by atoms with Gasteiger partial charge >= 0.3 is 18.2 Å². The fraction of sp³-hybridized carbons (Fsp3) is 0.185. The number of sulfonamides is 1. The van der Waals surface area contributed by atoms with Crippen molar-refractivity contribution < 1.29 is 36.2 Å². The first-order chi connectivity index (χ1) is 20.6. The molecule has 0 radical (unpaired) electrons. The quantitative estimate of drug-likeness (QED) is 0.189. The average Bonchev–Trinajstić information content (AvgIpc) is 2.95. The Hall–Kier alpha value is -4.51. The summed E-state index contributed by atoms with van der Waals surface area (Å²) in [6.45, 7) is 1.01. The molecule has 0 aliphatic carbocycles. The Bertz CT molecular complexity index is 1760. The molecule has 2 heterocycles. The van der Waals surface area contributed by atoms with Crippen LogP contribution in [0.5, 0.6) is 11.8 Å². The maximum atomic E-state index is 13.4. The van der Waals surface area contributed by atoms with Crippen LogP contribution in [0.1, 0.15) is 12.5 Å². The number of nitrogens with one attached hydrogen (secondary N) is 2. The maximum absolute atomic E-state index is 13.4. The Kier molecular flexibility index (Phi) is 9.58. The minimum Gasteiger partial charge on any atom is -0.424 e. The number of nitrogen functional groups attached to an aromatic ring is 1. The molecule has 5 N–H and O–H groups in total. The number of carbonyl (C=O) groups excluding carboxylic acids is 1. The van der Waals surface area contributed by atoms with Crippen molar-refractivity contribution >= 4 is 44.8 Å². The van der Waals surface area contributed by atoms with Crippen LogP contribution in [0.15, 0.2) is 72.0 Å². The molecule has 4 aromatic rings. The summed E-state index contributed by atoms with van der Waals surface area (Å²) >= 11 is 6.00. The van der Waals surface area contributed by atoms with E-state index in [4.69, 9.17) is 22.1 Å². The Morgan fingerprint density at radius 2 is 1.73 bits per heavy atom. The van der Waals surface area contributed by atoms with Gasteiger partial charge < -0.3 is 26.2 Å². The molecule has 0 aliphatic heterocycles. The lowest BCUT2D eigenvalue weighted by molar-refractivity contribution is -0.137. The van der Waals surface area contributed by atoms with Crippen LogP contribution >= 0.6 is 11.6 Å². The van der Waals surface area contributed by atoms with Crippen molar-refractivity contribution in [3.8, 4) is 22.9 Å². The molecule has 4 rings (SSSR count). The SMILES string of the molecule is CC(O)CN(C)S(=O)(=O)c1ccc(C(F)(F)F)cc1NC(=O)Nc1cnc(Oc2ccc(-c3cc(Cl)cnc3N)cc2)nc1. The number of likely N-dealkylation sites (N-methyl/N-ethyl adjacent to an activating group) is 1. The van der Waals surface area contributed by atoms with Gasteiger partial charge in [-0.2, -0.15) is 17.5 Å². The highest BCUT2D eigenvalue weighted by Gasteiger charge is 2.33. The van der Waals surface area contributed by atoms with E-state index in [-0.39, 0.29) is 18.2 Å². The molecule has 232 valence electrons. The number of rotatable bonds is 9. The molecule has 44 heavy (non-hydrogen) atoms. The third-order valence-corrected chi connectivity index (χ3v) is 8.00. The van der Waals surface area contributed by atoms with Crippen LogP contribution in [0.3, 0.4) is 0 Å². The van der Waals surface area contributed by atoms with Crippen LogP contribution in [0.4, 0.5) is 35.2 Å². The summed E-state index contributed by atoms with van der Waals surface area (Å²) in [5.41, 5.74) is 5.50. The molecular weight excluding hydrogens is 627 g/mol. The molecule has 0 bridgehead atoms. The van der Waals surface area contributed by atoms with Crippen molar-refractivity contribution in [2.24, 2.45) is 0 Å². The number of pyridine rings is 1. The molecule has 1 unspecified atom stereocenters. The molecule has 0 spiro atoms. The molecule has 0 aliphatic rings. The maximum Gasteiger partial charge on any atom is 0.416 e. The van der Waals surface area contributed by atoms with E-state index in [1.165, 1.54) is 25.5 Å². The van der Waals surface area contributed by atoms with Gasteiger partial charge in [-0.05, 0) is 48.9 Å². The molecule has 0 fully saturated rings. The molecule has 17 heteroatoms. The molecule has 2 amide bonds. The lowest BCUT2D eigenvalue weighted by Gasteiger charge is -2.21. The van der Waals surface area contributed by atoms with Gasteiger partial charge in [-0.3, -0.25) is 0 Å². The summed E-state index contributed by atoms with van der Waals surface area (Å²) in [6, 6.07) is 9.06. The zero-order chi connectivity index (χ0) is 32.2. The smallest absolute Gasteiger partial charge is 0.416 e. The van der Waals surface area contributed by atoms with Gasteiger partial charge in [0, 0.05) is 25.4 Å². The number of hydrogen-bond donors (Lipinski definition) is 4. The van der Waals surface area contributed by atoms with E-state index in [2.05, 4.69) is 25.6 Å². The fourth-order valence-corrected chi connectivity index (χ4v) is 5.41. The van der Waals surface area contributed by atoms with Gasteiger partial charge in [0.1, 0.15) is 16.5 Å². The third-order valence-electron chi connectivity index (χ3n) is 5.91. The van der Waals surface area contributed by atoms with Crippen molar-refractivity contribution in [2.45, 2.75) is 24.1 Å². The van der Waals surface area contributed by atoms with Crippen LogP contribution in [0.25, 0.3) is 11.1 Å². The number of halogens is 4. The molecule has 1 atom stereocenters. The molecule has 2 aromatic heterocycles. The topological polar surface area (TPSA) is 173 Å². The second-order valence-corrected chi connectivity index (χ2v) is 11.8. The van der Waals surface area contributed by atoms with Gasteiger partial charge in [0.15, 0.2) is 0 Å². The van der Waals surface area contributed by atoms with Crippen molar-refractivity contribution in [1.29, 1.82) is 0 Å². The number of aliphatic hydroxyl groups excluding tert-OH is 1. The summed E-state index contributed by atoms with van der Waals surface area (Å²) in [5, 5.41) is 14.5. The van der Waals surface area contributed by atoms with Gasteiger partial charge in [-0.25, -0.2) is 28.2 Å². The van der Waals surface area contributed by atoms with Gasteiger partial charge in [0.25, 0.3) is 0 Å². The number of ether oxygens (including phenoxy) is 1. The van der Waals surface area contributed by atoms with Crippen LogP contribution in [-0.2, 0) is 16.2 Å². The van der Waals surface area contributed by atoms with E-state index in [9.17, 15) is 31.5 Å². The highest BCUT2D eigenvalue weighted by molar-refractivity contribution is 7.89. The average molecular weight is 652 g/mol. The van der Waals surface area contributed by atoms with E-state index in [0.717, 1.165) is 23.0 Å². The molecular formula is C27H25ClF3N7O5S. The van der Waals surface area contributed by atoms with Crippen molar-refractivity contribution in [1.82, 2.24) is 19.3 Å². The molecule has 12 nitrogen and oxygen atoms in total. The molecule has 2 aromatic carbocycles. The zero-order valence-corrected chi connectivity index (χ0v) is 24.6. The minimum absolute atomic E-state index is 0.0248. The first-order valence-electron chi connectivity index (χ1n) is 12.6. The number of nitrogens with two attached hydrogens (primary N) is 1. The van der Waals surface area contributed by atoms with Gasteiger partial charge in [-0.1, -0.05) is 23.7 Å². The number of anilines is 3. The second-order valence-electron chi connectivity index (χ2n) is 9.39. The highest BCUT2D eigenvalue weighted by Crippen LogP contribution is 2.35. The predicted molar refractivity (Wildman–Crippen MR) is 157 cm³/mol. The van der Waals surface area contributed by atoms with Crippen molar-refractivity contribution in [3.63, 3.8) is 0 Å². The predicted octanol–water partition coefficient (Wildman–Crippen LogP) is 5.23.